The molecule has 0 aromatic carbocycles. The predicted octanol–water partition coefficient (Wildman–Crippen LogP) is 4.24. The first kappa shape index (κ1) is 12.7. The average Bonchev–Trinajstić information content (AvgIpc) is 2.17. The number of rotatable bonds is 0. The summed E-state index contributed by atoms with van der Waals surface area (Å²) >= 11 is 0. The van der Waals surface area contributed by atoms with Crippen LogP contribution in [0.4, 0.5) is 0 Å². The van der Waals surface area contributed by atoms with Gasteiger partial charge < -0.3 is 0 Å². The second kappa shape index (κ2) is 4.83. The maximum absolute atomic E-state index is 4.65. The van der Waals surface area contributed by atoms with Crippen LogP contribution in [0.15, 0.2) is 16.4 Å². The van der Waals surface area contributed by atoms with Crippen LogP contribution in [0.1, 0.15) is 66.2 Å². The summed E-state index contributed by atoms with van der Waals surface area (Å²) < 4.78 is 0. The highest BCUT2D eigenvalue weighted by molar-refractivity contribution is 5.94. The highest BCUT2D eigenvalue weighted by atomic mass is 15.3. The zero-order valence-electron chi connectivity index (χ0n) is 11.8. The fraction of sp³-hybridized carbons (Fsp3) is 0.800. The van der Waals surface area contributed by atoms with Gasteiger partial charge in [0.1, 0.15) is 0 Å². The maximum Gasteiger partial charge on any atom is 0.0507 e. The van der Waals surface area contributed by atoms with Crippen molar-refractivity contribution >= 4 is 5.71 Å². The van der Waals surface area contributed by atoms with E-state index in [2.05, 4.69) is 38.2 Å². The van der Waals surface area contributed by atoms with Crippen molar-refractivity contribution < 1.29 is 0 Å². The van der Waals surface area contributed by atoms with E-state index in [1.165, 1.54) is 49.9 Å². The Morgan fingerprint density at radius 1 is 1.12 bits per heavy atom. The smallest absolute Gasteiger partial charge is 0.0507 e. The molecule has 1 fully saturated rings. The molecular weight excluding hydrogens is 208 g/mol. The van der Waals surface area contributed by atoms with Gasteiger partial charge in [0.25, 0.3) is 0 Å². The lowest BCUT2D eigenvalue weighted by Crippen LogP contribution is -2.36. The van der Waals surface area contributed by atoms with Crippen LogP contribution in [-0.2, 0) is 0 Å². The molecule has 0 spiro atoms. The van der Waals surface area contributed by atoms with Crippen molar-refractivity contribution in [2.75, 3.05) is 0 Å². The van der Waals surface area contributed by atoms with Crippen molar-refractivity contribution in [1.29, 1.82) is 0 Å². The maximum atomic E-state index is 4.65. The lowest BCUT2D eigenvalue weighted by molar-refractivity contribution is 0.467. The molecule has 0 saturated heterocycles. The van der Waals surface area contributed by atoms with Gasteiger partial charge in [-0.05, 0) is 31.8 Å². The SMILES string of the molecule is CC1=C2CCCCCCC2C(C(C)(C)C)=NN1. The topological polar surface area (TPSA) is 24.4 Å². The Balaban J connectivity index is 2.28. The number of hydrogen-bond donors (Lipinski definition) is 1. The third-order valence-corrected chi connectivity index (χ3v) is 4.03. The van der Waals surface area contributed by atoms with Gasteiger partial charge in [0.2, 0.25) is 0 Å². The molecule has 2 heteroatoms. The zero-order valence-corrected chi connectivity index (χ0v) is 11.8. The second-order valence-corrected chi connectivity index (χ2v) is 6.51. The number of fused-ring (bicyclic) bond motifs is 1. The Bertz CT molecular complexity index is 344. The Morgan fingerprint density at radius 2 is 1.82 bits per heavy atom. The van der Waals surface area contributed by atoms with Crippen LogP contribution < -0.4 is 5.43 Å². The fourth-order valence-corrected chi connectivity index (χ4v) is 3.10. The van der Waals surface area contributed by atoms with Crippen LogP contribution in [-0.4, -0.2) is 5.71 Å². The minimum Gasteiger partial charge on any atom is -0.283 e. The van der Waals surface area contributed by atoms with Gasteiger partial charge in [0.05, 0.1) is 5.71 Å². The molecule has 1 N–H and O–H groups in total. The van der Waals surface area contributed by atoms with E-state index in [0.717, 1.165) is 0 Å². The summed E-state index contributed by atoms with van der Waals surface area (Å²) in [4.78, 5) is 0. The van der Waals surface area contributed by atoms with Crippen molar-refractivity contribution in [1.82, 2.24) is 5.43 Å². The molecule has 1 heterocycles. The van der Waals surface area contributed by atoms with Gasteiger partial charge in [-0.15, -0.1) is 0 Å². The number of nitrogens with zero attached hydrogens (tertiary/aromatic N) is 1. The molecule has 0 aromatic heterocycles. The molecular formula is C15H26N2. The van der Waals surface area contributed by atoms with E-state index in [0.29, 0.717) is 5.92 Å². The van der Waals surface area contributed by atoms with Crippen molar-refractivity contribution in [2.24, 2.45) is 16.4 Å². The van der Waals surface area contributed by atoms with Gasteiger partial charge in [-0.1, -0.05) is 40.0 Å². The molecule has 96 valence electrons. The van der Waals surface area contributed by atoms with E-state index >= 15 is 0 Å². The quantitative estimate of drug-likeness (QED) is 0.666. The van der Waals surface area contributed by atoms with Crippen LogP contribution in [0.5, 0.6) is 0 Å². The van der Waals surface area contributed by atoms with Crippen molar-refractivity contribution in [3.05, 3.63) is 11.3 Å². The first-order chi connectivity index (χ1) is 8.00. The summed E-state index contributed by atoms with van der Waals surface area (Å²) in [5.41, 5.74) is 7.74. The van der Waals surface area contributed by atoms with Crippen LogP contribution >= 0.6 is 0 Å². The lowest BCUT2D eigenvalue weighted by Gasteiger charge is -2.35. The van der Waals surface area contributed by atoms with E-state index in [1.54, 1.807) is 5.57 Å². The molecule has 0 bridgehead atoms. The van der Waals surface area contributed by atoms with Gasteiger partial charge in [0, 0.05) is 17.0 Å². The van der Waals surface area contributed by atoms with Gasteiger partial charge in [-0.2, -0.15) is 5.10 Å². The summed E-state index contributed by atoms with van der Waals surface area (Å²) in [6, 6.07) is 0. The van der Waals surface area contributed by atoms with E-state index in [4.69, 9.17) is 0 Å². The third-order valence-electron chi connectivity index (χ3n) is 4.03. The van der Waals surface area contributed by atoms with Crippen molar-refractivity contribution in [3.63, 3.8) is 0 Å². The van der Waals surface area contributed by atoms with Crippen LogP contribution in [0, 0.1) is 11.3 Å². The van der Waals surface area contributed by atoms with Gasteiger partial charge in [0.15, 0.2) is 0 Å². The van der Waals surface area contributed by atoms with Crippen molar-refractivity contribution in [3.8, 4) is 0 Å². The van der Waals surface area contributed by atoms with Crippen molar-refractivity contribution in [2.45, 2.75) is 66.2 Å². The molecule has 1 aliphatic heterocycles. The van der Waals surface area contributed by atoms with Gasteiger partial charge >= 0.3 is 0 Å². The number of hydrogen-bond acceptors (Lipinski definition) is 2. The molecule has 0 amide bonds. The normalized spacial score (nSPS) is 26.6. The average molecular weight is 234 g/mol. The second-order valence-electron chi connectivity index (χ2n) is 6.51. The molecule has 1 saturated carbocycles. The van der Waals surface area contributed by atoms with Crippen LogP contribution in [0.3, 0.4) is 0 Å². The Morgan fingerprint density at radius 3 is 2.53 bits per heavy atom. The molecule has 1 unspecified atom stereocenters. The molecule has 1 atom stereocenters. The Hall–Kier alpha value is -0.790. The molecule has 2 aliphatic rings. The van der Waals surface area contributed by atoms with Crippen LogP contribution in [0.25, 0.3) is 0 Å². The summed E-state index contributed by atoms with van der Waals surface area (Å²) in [6.07, 6.45) is 8.06. The fourth-order valence-electron chi connectivity index (χ4n) is 3.10. The van der Waals surface area contributed by atoms with E-state index < -0.39 is 0 Å². The minimum absolute atomic E-state index is 0.183. The van der Waals surface area contributed by atoms with Gasteiger partial charge in [-0.3, -0.25) is 5.43 Å². The molecule has 0 aromatic rings. The Labute approximate surface area is 106 Å². The zero-order chi connectivity index (χ0) is 12.5. The minimum atomic E-state index is 0.183. The molecule has 17 heavy (non-hydrogen) atoms. The summed E-state index contributed by atoms with van der Waals surface area (Å²) in [7, 11) is 0. The molecule has 2 rings (SSSR count). The standard InChI is InChI=1S/C15H26N2/c1-11-12-9-7-5-6-8-10-13(12)14(17-16-11)15(2,3)4/h13,16H,5-10H2,1-4H3. The number of hydrazone groups is 1. The first-order valence-corrected chi connectivity index (χ1v) is 7.04. The first-order valence-electron chi connectivity index (χ1n) is 7.04. The lowest BCUT2D eigenvalue weighted by atomic mass is 9.73. The predicted molar refractivity (Wildman–Crippen MR) is 73.9 cm³/mol. The monoisotopic (exact) mass is 234 g/mol. The third kappa shape index (κ3) is 2.72. The summed E-state index contributed by atoms with van der Waals surface area (Å²) in [5.74, 6) is 0.608. The van der Waals surface area contributed by atoms with E-state index in [-0.39, 0.29) is 5.41 Å². The van der Waals surface area contributed by atoms with Gasteiger partial charge in [-0.25, -0.2) is 0 Å². The number of allylic oxidation sites excluding steroid dienone is 2. The summed E-state index contributed by atoms with van der Waals surface area (Å²) in [5, 5.41) is 4.65. The summed E-state index contributed by atoms with van der Waals surface area (Å²) in [6.45, 7) is 9.03. The van der Waals surface area contributed by atoms with E-state index in [9.17, 15) is 0 Å². The largest absolute Gasteiger partial charge is 0.283 e. The van der Waals surface area contributed by atoms with Crippen LogP contribution in [0.2, 0.25) is 0 Å². The highest BCUT2D eigenvalue weighted by Crippen LogP contribution is 2.37. The molecule has 1 aliphatic carbocycles. The van der Waals surface area contributed by atoms with E-state index in [1.807, 2.05) is 0 Å². The molecule has 0 radical (unpaired) electrons. The highest BCUT2D eigenvalue weighted by Gasteiger charge is 2.33. The number of nitrogens with one attached hydrogen (secondary N) is 1. The molecule has 2 nitrogen and oxygen atoms in total. The Kier molecular flexibility index (Phi) is 3.60.